The first-order valence-electron chi connectivity index (χ1n) is 6.56. The number of likely N-dealkylation sites (N-methyl/N-ethyl adjacent to an activating group) is 1. The first kappa shape index (κ1) is 10.9. The van der Waals surface area contributed by atoms with Gasteiger partial charge in [0.15, 0.2) is 0 Å². The van der Waals surface area contributed by atoms with E-state index in [-0.39, 0.29) is 0 Å². The van der Waals surface area contributed by atoms with Crippen molar-refractivity contribution in [1.82, 2.24) is 5.32 Å². The molecule has 0 saturated carbocycles. The summed E-state index contributed by atoms with van der Waals surface area (Å²) in [6.45, 7) is 2.92. The van der Waals surface area contributed by atoms with Crippen molar-refractivity contribution in [1.29, 1.82) is 0 Å². The maximum atomic E-state index is 5.67. The summed E-state index contributed by atoms with van der Waals surface area (Å²) in [6, 6.07) is 7.15. The predicted octanol–water partition coefficient (Wildman–Crippen LogP) is 2.33. The van der Waals surface area contributed by atoms with Crippen molar-refractivity contribution in [2.24, 2.45) is 0 Å². The summed E-state index contributed by atoms with van der Waals surface area (Å²) >= 11 is 0. The Balaban J connectivity index is 1.88. The van der Waals surface area contributed by atoms with E-state index in [0.29, 0.717) is 6.04 Å². The van der Waals surface area contributed by atoms with Gasteiger partial charge < -0.3 is 15.0 Å². The first-order valence-corrected chi connectivity index (χ1v) is 6.56. The van der Waals surface area contributed by atoms with Gasteiger partial charge in [-0.25, -0.2) is 0 Å². The molecule has 1 saturated heterocycles. The van der Waals surface area contributed by atoms with Crippen LogP contribution in [0.15, 0.2) is 18.2 Å². The van der Waals surface area contributed by atoms with E-state index in [0.717, 1.165) is 25.4 Å². The van der Waals surface area contributed by atoms with Gasteiger partial charge in [0.25, 0.3) is 0 Å². The Morgan fingerprint density at radius 1 is 1.35 bits per heavy atom. The van der Waals surface area contributed by atoms with Crippen LogP contribution in [-0.4, -0.2) is 26.7 Å². The third kappa shape index (κ3) is 2.12. The Labute approximate surface area is 103 Å². The van der Waals surface area contributed by atoms with Crippen molar-refractivity contribution in [3.05, 3.63) is 23.8 Å². The largest absolute Gasteiger partial charge is 0.490 e. The van der Waals surface area contributed by atoms with Crippen molar-refractivity contribution in [2.45, 2.75) is 25.3 Å². The Kier molecular flexibility index (Phi) is 2.93. The van der Waals surface area contributed by atoms with Crippen LogP contribution in [0.5, 0.6) is 5.75 Å². The summed E-state index contributed by atoms with van der Waals surface area (Å²) in [4.78, 5) is 2.28. The van der Waals surface area contributed by atoms with Crippen LogP contribution < -0.4 is 15.0 Å². The number of piperidine rings is 1. The van der Waals surface area contributed by atoms with E-state index in [1.807, 2.05) is 0 Å². The number of nitrogens with zero attached hydrogens (tertiary/aromatic N) is 1. The van der Waals surface area contributed by atoms with Crippen molar-refractivity contribution < 1.29 is 4.74 Å². The Morgan fingerprint density at radius 3 is 3.12 bits per heavy atom. The molecule has 1 N–H and O–H groups in total. The molecule has 1 unspecified atom stereocenters. The van der Waals surface area contributed by atoms with Crippen LogP contribution in [0.2, 0.25) is 0 Å². The molecule has 3 rings (SSSR count). The summed E-state index contributed by atoms with van der Waals surface area (Å²) in [6.07, 6.45) is 3.90. The van der Waals surface area contributed by atoms with E-state index in [1.54, 1.807) is 0 Å². The van der Waals surface area contributed by atoms with E-state index in [4.69, 9.17) is 4.74 Å². The zero-order valence-corrected chi connectivity index (χ0v) is 10.4. The van der Waals surface area contributed by atoms with Gasteiger partial charge in [-0.15, -0.1) is 0 Å². The van der Waals surface area contributed by atoms with Crippen LogP contribution in [0.3, 0.4) is 0 Å². The zero-order chi connectivity index (χ0) is 11.7. The topological polar surface area (TPSA) is 24.5 Å². The van der Waals surface area contributed by atoms with E-state index in [1.165, 1.54) is 30.5 Å². The molecule has 3 nitrogen and oxygen atoms in total. The van der Waals surface area contributed by atoms with Crippen molar-refractivity contribution in [3.63, 3.8) is 0 Å². The quantitative estimate of drug-likeness (QED) is 0.804. The smallest absolute Gasteiger partial charge is 0.142 e. The highest BCUT2D eigenvalue weighted by Gasteiger charge is 2.19. The lowest BCUT2D eigenvalue weighted by Crippen LogP contribution is -2.30. The molecule has 0 amide bonds. The Bertz CT molecular complexity index is 399. The highest BCUT2D eigenvalue weighted by atomic mass is 16.5. The molecule has 0 aromatic heterocycles. The number of ether oxygens (including phenoxy) is 1. The zero-order valence-electron chi connectivity index (χ0n) is 10.4. The second-order valence-electron chi connectivity index (χ2n) is 5.00. The Hall–Kier alpha value is -1.22. The van der Waals surface area contributed by atoms with Gasteiger partial charge in [0.2, 0.25) is 0 Å². The molecule has 92 valence electrons. The third-order valence-corrected chi connectivity index (χ3v) is 3.79. The summed E-state index contributed by atoms with van der Waals surface area (Å²) in [7, 11) is 2.14. The third-order valence-electron chi connectivity index (χ3n) is 3.79. The lowest BCUT2D eigenvalue weighted by molar-refractivity contribution is 0.311. The Morgan fingerprint density at radius 2 is 2.29 bits per heavy atom. The number of fused-ring (bicyclic) bond motifs is 1. The van der Waals surface area contributed by atoms with Crippen LogP contribution >= 0.6 is 0 Å². The molecule has 17 heavy (non-hydrogen) atoms. The van der Waals surface area contributed by atoms with Crippen molar-refractivity contribution in [2.75, 3.05) is 31.6 Å². The van der Waals surface area contributed by atoms with E-state index < -0.39 is 0 Å². The van der Waals surface area contributed by atoms with Gasteiger partial charge >= 0.3 is 0 Å². The molecular formula is C14H20N2O. The van der Waals surface area contributed by atoms with Gasteiger partial charge in [0.1, 0.15) is 12.4 Å². The molecule has 2 heterocycles. The van der Waals surface area contributed by atoms with Gasteiger partial charge in [0, 0.05) is 13.1 Å². The average Bonchev–Trinajstić information content (AvgIpc) is 2.40. The minimum absolute atomic E-state index is 0.532. The molecule has 2 aliphatic heterocycles. The summed E-state index contributed by atoms with van der Waals surface area (Å²) < 4.78 is 5.67. The summed E-state index contributed by atoms with van der Waals surface area (Å²) in [5.41, 5.74) is 2.64. The molecule has 0 spiro atoms. The SMILES string of the molecule is CN1CCOc2ccc(C3CCCCN3)cc21. The van der Waals surface area contributed by atoms with Crippen molar-refractivity contribution in [3.8, 4) is 5.75 Å². The van der Waals surface area contributed by atoms with Crippen molar-refractivity contribution >= 4 is 5.69 Å². The fourth-order valence-electron chi connectivity index (χ4n) is 2.72. The molecule has 0 radical (unpaired) electrons. The van der Waals surface area contributed by atoms with Crippen LogP contribution in [0.4, 0.5) is 5.69 Å². The molecule has 0 aliphatic carbocycles. The second-order valence-corrected chi connectivity index (χ2v) is 5.00. The number of hydrogen-bond acceptors (Lipinski definition) is 3. The second kappa shape index (κ2) is 4.57. The van der Waals surface area contributed by atoms with E-state index in [2.05, 4.69) is 35.5 Å². The minimum atomic E-state index is 0.532. The lowest BCUT2D eigenvalue weighted by Gasteiger charge is -2.30. The van der Waals surface area contributed by atoms with E-state index >= 15 is 0 Å². The van der Waals surface area contributed by atoms with Crippen LogP contribution in [0.25, 0.3) is 0 Å². The monoisotopic (exact) mass is 232 g/mol. The molecular weight excluding hydrogens is 212 g/mol. The molecule has 2 aliphatic rings. The standard InChI is InChI=1S/C14H20N2O/c1-16-8-9-17-14-6-5-11(10-13(14)16)12-4-2-3-7-15-12/h5-6,10,12,15H,2-4,7-9H2,1H3. The highest BCUT2D eigenvalue weighted by Crippen LogP contribution is 2.34. The maximum absolute atomic E-state index is 5.67. The molecule has 1 aromatic rings. The molecule has 1 atom stereocenters. The average molecular weight is 232 g/mol. The number of anilines is 1. The predicted molar refractivity (Wildman–Crippen MR) is 69.8 cm³/mol. The summed E-state index contributed by atoms with van der Waals surface area (Å²) in [5.74, 6) is 1.03. The number of nitrogens with one attached hydrogen (secondary N) is 1. The van der Waals surface area contributed by atoms with E-state index in [9.17, 15) is 0 Å². The maximum Gasteiger partial charge on any atom is 0.142 e. The molecule has 0 bridgehead atoms. The highest BCUT2D eigenvalue weighted by molar-refractivity contribution is 5.61. The van der Waals surface area contributed by atoms with Gasteiger partial charge in [-0.3, -0.25) is 0 Å². The summed E-state index contributed by atoms with van der Waals surface area (Å²) in [5, 5.41) is 3.60. The van der Waals surface area contributed by atoms with Gasteiger partial charge in [-0.1, -0.05) is 12.5 Å². The number of hydrogen-bond donors (Lipinski definition) is 1. The molecule has 1 aromatic carbocycles. The van der Waals surface area contributed by atoms with Crippen LogP contribution in [0.1, 0.15) is 30.9 Å². The first-order chi connectivity index (χ1) is 8.34. The van der Waals surface area contributed by atoms with Gasteiger partial charge in [0.05, 0.1) is 12.2 Å². The normalized spacial score (nSPS) is 24.1. The molecule has 1 fully saturated rings. The van der Waals surface area contributed by atoms with Crippen LogP contribution in [-0.2, 0) is 0 Å². The fraction of sp³-hybridized carbons (Fsp3) is 0.571. The number of benzene rings is 1. The minimum Gasteiger partial charge on any atom is -0.490 e. The number of rotatable bonds is 1. The van der Waals surface area contributed by atoms with Crippen LogP contribution in [0, 0.1) is 0 Å². The molecule has 3 heteroatoms. The van der Waals surface area contributed by atoms with Gasteiger partial charge in [-0.2, -0.15) is 0 Å². The van der Waals surface area contributed by atoms with Gasteiger partial charge in [-0.05, 0) is 37.1 Å². The lowest BCUT2D eigenvalue weighted by atomic mass is 9.96. The fourth-order valence-corrected chi connectivity index (χ4v) is 2.72.